The van der Waals surface area contributed by atoms with E-state index in [-0.39, 0.29) is 11.5 Å². The molecule has 0 unspecified atom stereocenters. The lowest BCUT2D eigenvalue weighted by molar-refractivity contribution is -0.121. The Morgan fingerprint density at radius 3 is 2.41 bits per heavy atom. The Bertz CT molecular complexity index is 1310. The maximum Gasteiger partial charge on any atom is 0.335 e. The highest BCUT2D eigenvalue weighted by Crippen LogP contribution is 2.35. The molecule has 172 valence electrons. The number of amides is 1. The number of rotatable bonds is 6. The number of carbonyl (C=O) groups excluding carboxylic acids is 1. The summed E-state index contributed by atoms with van der Waals surface area (Å²) in [6.45, 7) is 0.394. The predicted octanol–water partition coefficient (Wildman–Crippen LogP) is 6.72. The molecule has 1 heterocycles. The minimum atomic E-state index is -1.00. The Kier molecular flexibility index (Phi) is 7.55. The standard InChI is InChI=1S/C25H18Br2N2O4S/c1-29-23(30)22(34-25(29)28-20-9-4-16(5-10-20)24(31)32)13-17-12-19(27)8-11-21(17)33-14-15-2-6-18(26)7-3-15/h2-13H,14H2,1H3,(H,31,32)/b22-13-,28-25?. The molecule has 6 nitrogen and oxygen atoms in total. The number of thioether (sulfide) groups is 1. The van der Waals surface area contributed by atoms with E-state index in [1.807, 2.05) is 42.5 Å². The number of likely N-dealkylation sites (N-methyl/N-ethyl adjacent to an activating group) is 1. The molecule has 0 saturated carbocycles. The number of nitrogens with zero attached hydrogens (tertiary/aromatic N) is 2. The van der Waals surface area contributed by atoms with E-state index in [2.05, 4.69) is 36.9 Å². The zero-order valence-corrected chi connectivity index (χ0v) is 21.9. The molecule has 3 aromatic rings. The average Bonchev–Trinajstić information content (AvgIpc) is 3.07. The quantitative estimate of drug-likeness (QED) is 0.317. The van der Waals surface area contributed by atoms with E-state index in [1.54, 1.807) is 25.3 Å². The number of halogens is 2. The third kappa shape index (κ3) is 5.78. The lowest BCUT2D eigenvalue weighted by Gasteiger charge is -2.10. The van der Waals surface area contributed by atoms with Crippen molar-refractivity contribution in [2.24, 2.45) is 4.99 Å². The minimum Gasteiger partial charge on any atom is -0.488 e. The third-order valence-corrected chi connectivity index (χ3v) is 6.99. The number of amidine groups is 1. The number of carboxylic acid groups (broad SMARTS) is 1. The molecule has 0 bridgehead atoms. The summed E-state index contributed by atoms with van der Waals surface area (Å²) in [6.07, 6.45) is 1.79. The Morgan fingerprint density at radius 2 is 1.74 bits per heavy atom. The second-order valence-electron chi connectivity index (χ2n) is 7.32. The summed E-state index contributed by atoms with van der Waals surface area (Å²) in [5.74, 6) is -0.520. The van der Waals surface area contributed by atoms with Crippen molar-refractivity contribution in [3.05, 3.63) is 97.3 Å². The number of carboxylic acids is 1. The Morgan fingerprint density at radius 1 is 1.06 bits per heavy atom. The van der Waals surface area contributed by atoms with Crippen molar-refractivity contribution in [2.45, 2.75) is 6.61 Å². The topological polar surface area (TPSA) is 79.2 Å². The molecule has 0 aromatic heterocycles. The van der Waals surface area contributed by atoms with Gasteiger partial charge in [0.25, 0.3) is 5.91 Å². The first kappa shape index (κ1) is 24.3. The van der Waals surface area contributed by atoms with Gasteiger partial charge in [0.05, 0.1) is 16.2 Å². The van der Waals surface area contributed by atoms with Crippen LogP contribution in [-0.4, -0.2) is 34.1 Å². The van der Waals surface area contributed by atoms with Crippen molar-refractivity contribution in [3.8, 4) is 5.75 Å². The summed E-state index contributed by atoms with van der Waals surface area (Å²) >= 11 is 8.17. The van der Waals surface area contributed by atoms with Crippen LogP contribution in [-0.2, 0) is 11.4 Å². The minimum absolute atomic E-state index is 0.176. The summed E-state index contributed by atoms with van der Waals surface area (Å²) < 4.78 is 7.92. The van der Waals surface area contributed by atoms with Gasteiger partial charge < -0.3 is 9.84 Å². The largest absolute Gasteiger partial charge is 0.488 e. The number of hydrogen-bond acceptors (Lipinski definition) is 5. The first-order valence-electron chi connectivity index (χ1n) is 10.1. The molecule has 9 heteroatoms. The molecule has 34 heavy (non-hydrogen) atoms. The van der Waals surface area contributed by atoms with Gasteiger partial charge in [-0.2, -0.15) is 0 Å². The van der Waals surface area contributed by atoms with Gasteiger partial charge in [-0.25, -0.2) is 9.79 Å². The molecule has 0 aliphatic carbocycles. The normalized spacial score (nSPS) is 15.9. The molecule has 1 aliphatic heterocycles. The van der Waals surface area contributed by atoms with Gasteiger partial charge in [-0.1, -0.05) is 44.0 Å². The monoisotopic (exact) mass is 600 g/mol. The van der Waals surface area contributed by atoms with Crippen LogP contribution < -0.4 is 4.74 Å². The van der Waals surface area contributed by atoms with Crippen molar-refractivity contribution in [1.82, 2.24) is 4.90 Å². The van der Waals surface area contributed by atoms with Crippen molar-refractivity contribution in [1.29, 1.82) is 0 Å². The summed E-state index contributed by atoms with van der Waals surface area (Å²) in [7, 11) is 1.66. The predicted molar refractivity (Wildman–Crippen MR) is 141 cm³/mol. The van der Waals surface area contributed by atoms with E-state index < -0.39 is 5.97 Å². The lowest BCUT2D eigenvalue weighted by Crippen LogP contribution is -2.23. The van der Waals surface area contributed by atoms with Crippen LogP contribution in [0.2, 0.25) is 0 Å². The van der Waals surface area contributed by atoms with Gasteiger partial charge in [0.2, 0.25) is 0 Å². The van der Waals surface area contributed by atoms with Gasteiger partial charge in [-0.3, -0.25) is 9.69 Å². The molecule has 1 aliphatic rings. The van der Waals surface area contributed by atoms with Gasteiger partial charge in [0.1, 0.15) is 12.4 Å². The van der Waals surface area contributed by atoms with E-state index in [1.165, 1.54) is 28.8 Å². The fourth-order valence-electron chi connectivity index (χ4n) is 3.09. The third-order valence-electron chi connectivity index (χ3n) is 4.91. The van der Waals surface area contributed by atoms with Gasteiger partial charge >= 0.3 is 5.97 Å². The molecule has 3 aromatic carbocycles. The molecule has 1 amide bonds. The number of aliphatic imine (C=N–C) groups is 1. The van der Waals surface area contributed by atoms with Gasteiger partial charge in [0.15, 0.2) is 5.17 Å². The zero-order chi connectivity index (χ0) is 24.2. The van der Waals surface area contributed by atoms with Crippen LogP contribution in [0.5, 0.6) is 5.75 Å². The van der Waals surface area contributed by atoms with Crippen molar-refractivity contribution >= 4 is 72.4 Å². The van der Waals surface area contributed by atoms with E-state index in [4.69, 9.17) is 9.84 Å². The molecular formula is C25H18Br2N2O4S. The molecular weight excluding hydrogens is 584 g/mol. The summed E-state index contributed by atoms with van der Waals surface area (Å²) in [6, 6.07) is 19.7. The Hall–Kier alpha value is -2.88. The Labute approximate surface area is 217 Å². The highest BCUT2D eigenvalue weighted by atomic mass is 79.9. The highest BCUT2D eigenvalue weighted by Gasteiger charge is 2.30. The fraction of sp³-hybridized carbons (Fsp3) is 0.0800. The Balaban J connectivity index is 1.57. The van der Waals surface area contributed by atoms with Crippen LogP contribution in [0, 0.1) is 0 Å². The molecule has 0 radical (unpaired) electrons. The number of carbonyl (C=O) groups is 2. The van der Waals surface area contributed by atoms with Gasteiger partial charge in [-0.15, -0.1) is 0 Å². The zero-order valence-electron chi connectivity index (χ0n) is 17.9. The van der Waals surface area contributed by atoms with Crippen LogP contribution in [0.15, 0.2) is 85.6 Å². The molecule has 1 N–H and O–H groups in total. The van der Waals surface area contributed by atoms with Crippen molar-refractivity contribution in [3.63, 3.8) is 0 Å². The van der Waals surface area contributed by atoms with Crippen molar-refractivity contribution in [2.75, 3.05) is 7.05 Å². The maximum absolute atomic E-state index is 12.9. The van der Waals surface area contributed by atoms with E-state index >= 15 is 0 Å². The average molecular weight is 602 g/mol. The lowest BCUT2D eigenvalue weighted by atomic mass is 10.1. The van der Waals surface area contributed by atoms with Crippen LogP contribution in [0.4, 0.5) is 5.69 Å². The first-order chi connectivity index (χ1) is 16.3. The highest BCUT2D eigenvalue weighted by molar-refractivity contribution is 9.10. The maximum atomic E-state index is 12.9. The SMILES string of the molecule is CN1C(=O)/C(=C/c2cc(Br)ccc2OCc2ccc(Br)cc2)SC1=Nc1ccc(C(=O)O)cc1. The second-order valence-corrected chi connectivity index (χ2v) is 10.2. The number of benzene rings is 3. The molecule has 4 rings (SSSR count). The van der Waals surface area contributed by atoms with E-state index in [0.29, 0.717) is 28.1 Å². The molecule has 1 saturated heterocycles. The molecule has 1 fully saturated rings. The smallest absolute Gasteiger partial charge is 0.335 e. The van der Waals surface area contributed by atoms with Gasteiger partial charge in [-0.05, 0) is 78.0 Å². The van der Waals surface area contributed by atoms with Crippen molar-refractivity contribution < 1.29 is 19.4 Å². The van der Waals surface area contributed by atoms with E-state index in [0.717, 1.165) is 20.1 Å². The summed E-state index contributed by atoms with van der Waals surface area (Å²) in [5, 5.41) is 9.56. The van der Waals surface area contributed by atoms with Crippen LogP contribution in [0.3, 0.4) is 0 Å². The number of aromatic carboxylic acids is 1. The number of ether oxygens (including phenoxy) is 1. The molecule has 0 spiro atoms. The second kappa shape index (κ2) is 10.6. The number of hydrogen-bond donors (Lipinski definition) is 1. The van der Waals surface area contributed by atoms with Crippen LogP contribution in [0.25, 0.3) is 6.08 Å². The fourth-order valence-corrected chi connectivity index (χ4v) is 4.71. The molecule has 0 atom stereocenters. The summed E-state index contributed by atoms with van der Waals surface area (Å²) in [4.78, 5) is 30.4. The van der Waals surface area contributed by atoms with Gasteiger partial charge in [0, 0.05) is 21.6 Å². The first-order valence-corrected chi connectivity index (χ1v) is 12.5. The summed E-state index contributed by atoms with van der Waals surface area (Å²) in [5.41, 5.74) is 2.54. The van der Waals surface area contributed by atoms with Crippen LogP contribution in [0.1, 0.15) is 21.5 Å². The van der Waals surface area contributed by atoms with Crippen LogP contribution >= 0.6 is 43.6 Å². The van der Waals surface area contributed by atoms with E-state index in [9.17, 15) is 9.59 Å².